The van der Waals surface area contributed by atoms with Crippen LogP contribution >= 0.6 is 0 Å². The average molecular weight is 209 g/mol. The molecule has 0 aliphatic heterocycles. The molecule has 0 aliphatic rings. The average Bonchev–Trinajstić information content (AvgIpc) is 2.27. The van der Waals surface area contributed by atoms with Crippen molar-refractivity contribution in [2.24, 2.45) is 5.92 Å². The Kier molecular flexibility index (Phi) is 10.6. The lowest BCUT2D eigenvalue weighted by Gasteiger charge is -2.04. The minimum absolute atomic E-state index is 0.264. The number of rotatable bonds is 10. The van der Waals surface area contributed by atoms with Gasteiger partial charge in [0.05, 0.1) is 6.07 Å². The molecule has 0 aromatic heterocycles. The molecule has 0 bridgehead atoms. The van der Waals surface area contributed by atoms with Crippen LogP contribution in [0.4, 0.5) is 0 Å². The predicted molar refractivity (Wildman–Crippen MR) is 62.4 cm³/mol. The predicted octanol–water partition coefficient (Wildman–Crippen LogP) is 3.86. The Balaban J connectivity index is 3.11. The van der Waals surface area contributed by atoms with Crippen LogP contribution in [0.1, 0.15) is 64.7 Å². The van der Waals surface area contributed by atoms with E-state index < -0.39 is 0 Å². The molecule has 0 rings (SSSR count). The summed E-state index contributed by atoms with van der Waals surface area (Å²) in [7, 11) is 0. The van der Waals surface area contributed by atoms with E-state index in [1.54, 1.807) is 0 Å². The first-order valence-electron chi connectivity index (χ1n) is 6.18. The number of hydrogen-bond acceptors (Lipinski definition) is 2. The molecule has 0 aromatic carbocycles. The number of nitrogens with zero attached hydrogens (tertiary/aromatic N) is 1. The standard InChI is InChI=1S/C13H23NO/c1-2-13(12-14)10-8-6-4-3-5-7-9-11-15/h11,13H,2-10H2,1H3. The molecule has 2 heteroatoms. The quantitative estimate of drug-likeness (QED) is 0.405. The number of unbranched alkanes of at least 4 members (excludes halogenated alkanes) is 6. The van der Waals surface area contributed by atoms with Gasteiger partial charge in [-0.3, -0.25) is 0 Å². The highest BCUT2D eigenvalue weighted by atomic mass is 16.1. The van der Waals surface area contributed by atoms with Gasteiger partial charge in [-0.2, -0.15) is 5.26 Å². The maximum absolute atomic E-state index is 10.1. The van der Waals surface area contributed by atoms with Crippen molar-refractivity contribution in [3.8, 4) is 6.07 Å². The second kappa shape index (κ2) is 11.2. The van der Waals surface area contributed by atoms with E-state index in [1.165, 1.54) is 32.1 Å². The van der Waals surface area contributed by atoms with Crippen LogP contribution in [-0.4, -0.2) is 6.29 Å². The Bertz CT molecular complexity index is 183. The van der Waals surface area contributed by atoms with Gasteiger partial charge in [-0.25, -0.2) is 0 Å². The minimum Gasteiger partial charge on any atom is -0.303 e. The van der Waals surface area contributed by atoms with Gasteiger partial charge in [0.2, 0.25) is 0 Å². The highest BCUT2D eigenvalue weighted by Crippen LogP contribution is 2.14. The highest BCUT2D eigenvalue weighted by molar-refractivity contribution is 5.48. The van der Waals surface area contributed by atoms with Gasteiger partial charge in [0, 0.05) is 12.3 Å². The first-order valence-corrected chi connectivity index (χ1v) is 6.18. The van der Waals surface area contributed by atoms with E-state index in [2.05, 4.69) is 13.0 Å². The lowest BCUT2D eigenvalue weighted by Crippen LogP contribution is -1.94. The number of hydrogen-bond donors (Lipinski definition) is 0. The smallest absolute Gasteiger partial charge is 0.119 e. The third kappa shape index (κ3) is 9.46. The summed E-state index contributed by atoms with van der Waals surface area (Å²) < 4.78 is 0. The minimum atomic E-state index is 0.264. The molecule has 0 fully saturated rings. The van der Waals surface area contributed by atoms with Crippen molar-refractivity contribution in [1.82, 2.24) is 0 Å². The van der Waals surface area contributed by atoms with E-state index in [9.17, 15) is 4.79 Å². The molecule has 0 heterocycles. The third-order valence-corrected chi connectivity index (χ3v) is 2.80. The van der Waals surface area contributed by atoms with E-state index in [0.717, 1.165) is 25.5 Å². The summed E-state index contributed by atoms with van der Waals surface area (Å²) in [5, 5.41) is 8.74. The number of carbonyl (C=O) groups excluding carboxylic acids is 1. The van der Waals surface area contributed by atoms with Gasteiger partial charge in [0.1, 0.15) is 6.29 Å². The fourth-order valence-electron chi connectivity index (χ4n) is 1.69. The molecule has 0 aliphatic carbocycles. The second-order valence-corrected chi connectivity index (χ2v) is 4.10. The summed E-state index contributed by atoms with van der Waals surface area (Å²) in [6, 6.07) is 2.33. The zero-order valence-corrected chi connectivity index (χ0v) is 9.87. The molecule has 1 unspecified atom stereocenters. The zero-order valence-electron chi connectivity index (χ0n) is 9.87. The molecular weight excluding hydrogens is 186 g/mol. The number of aldehydes is 1. The molecular formula is C13H23NO. The summed E-state index contributed by atoms with van der Waals surface area (Å²) in [5.74, 6) is 0.264. The van der Waals surface area contributed by atoms with Crippen molar-refractivity contribution in [1.29, 1.82) is 5.26 Å². The van der Waals surface area contributed by atoms with Gasteiger partial charge in [0.25, 0.3) is 0 Å². The molecule has 0 saturated carbocycles. The van der Waals surface area contributed by atoms with Crippen LogP contribution in [0, 0.1) is 17.2 Å². The van der Waals surface area contributed by atoms with Crippen LogP contribution in [0.5, 0.6) is 0 Å². The first kappa shape index (κ1) is 14.2. The maximum atomic E-state index is 10.1. The van der Waals surface area contributed by atoms with Crippen LogP contribution in [-0.2, 0) is 4.79 Å². The van der Waals surface area contributed by atoms with E-state index in [4.69, 9.17) is 5.26 Å². The molecule has 15 heavy (non-hydrogen) atoms. The summed E-state index contributed by atoms with van der Waals surface area (Å²) in [6.07, 6.45) is 10.9. The van der Waals surface area contributed by atoms with Gasteiger partial charge in [-0.05, 0) is 19.3 Å². The van der Waals surface area contributed by atoms with Gasteiger partial charge in [-0.15, -0.1) is 0 Å². The van der Waals surface area contributed by atoms with Crippen molar-refractivity contribution in [2.75, 3.05) is 0 Å². The van der Waals surface area contributed by atoms with Crippen LogP contribution in [0.25, 0.3) is 0 Å². The first-order chi connectivity index (χ1) is 7.35. The number of carbonyl (C=O) groups is 1. The molecule has 0 saturated heterocycles. The summed E-state index contributed by atoms with van der Waals surface area (Å²) in [4.78, 5) is 10.1. The van der Waals surface area contributed by atoms with Gasteiger partial charge < -0.3 is 4.79 Å². The summed E-state index contributed by atoms with van der Waals surface area (Å²) >= 11 is 0. The van der Waals surface area contributed by atoms with Gasteiger partial charge in [0.15, 0.2) is 0 Å². The fraction of sp³-hybridized carbons (Fsp3) is 0.846. The van der Waals surface area contributed by atoms with Crippen LogP contribution in [0.15, 0.2) is 0 Å². The van der Waals surface area contributed by atoms with E-state index in [0.29, 0.717) is 6.42 Å². The Labute approximate surface area is 93.7 Å². The summed E-state index contributed by atoms with van der Waals surface area (Å²) in [5.41, 5.74) is 0. The largest absolute Gasteiger partial charge is 0.303 e. The maximum Gasteiger partial charge on any atom is 0.119 e. The Morgan fingerprint density at radius 3 is 2.27 bits per heavy atom. The van der Waals surface area contributed by atoms with Crippen LogP contribution in [0.2, 0.25) is 0 Å². The van der Waals surface area contributed by atoms with Crippen LogP contribution < -0.4 is 0 Å². The third-order valence-electron chi connectivity index (χ3n) is 2.80. The van der Waals surface area contributed by atoms with Crippen molar-refractivity contribution < 1.29 is 4.79 Å². The summed E-state index contributed by atoms with van der Waals surface area (Å²) in [6.45, 7) is 2.08. The molecule has 86 valence electrons. The lowest BCUT2D eigenvalue weighted by atomic mass is 9.99. The number of nitriles is 1. The van der Waals surface area contributed by atoms with Gasteiger partial charge >= 0.3 is 0 Å². The van der Waals surface area contributed by atoms with Crippen molar-refractivity contribution in [3.63, 3.8) is 0 Å². The van der Waals surface area contributed by atoms with E-state index in [1.807, 2.05) is 0 Å². The van der Waals surface area contributed by atoms with Crippen molar-refractivity contribution >= 4 is 6.29 Å². The molecule has 0 radical (unpaired) electrons. The molecule has 1 atom stereocenters. The van der Waals surface area contributed by atoms with Gasteiger partial charge in [-0.1, -0.05) is 39.0 Å². The molecule has 0 spiro atoms. The Hall–Kier alpha value is -0.840. The normalized spacial score (nSPS) is 12.0. The molecule has 0 aromatic rings. The molecule has 0 N–H and O–H groups in total. The SMILES string of the molecule is CCC(C#N)CCCCCCCCC=O. The topological polar surface area (TPSA) is 40.9 Å². The van der Waals surface area contributed by atoms with Crippen LogP contribution in [0.3, 0.4) is 0 Å². The second-order valence-electron chi connectivity index (χ2n) is 4.10. The van der Waals surface area contributed by atoms with E-state index >= 15 is 0 Å². The fourth-order valence-corrected chi connectivity index (χ4v) is 1.69. The lowest BCUT2D eigenvalue weighted by molar-refractivity contribution is -0.107. The Morgan fingerprint density at radius 1 is 1.13 bits per heavy atom. The van der Waals surface area contributed by atoms with Crippen molar-refractivity contribution in [2.45, 2.75) is 64.7 Å². The van der Waals surface area contributed by atoms with Crippen molar-refractivity contribution in [3.05, 3.63) is 0 Å². The Morgan fingerprint density at radius 2 is 1.73 bits per heavy atom. The highest BCUT2D eigenvalue weighted by Gasteiger charge is 2.02. The monoisotopic (exact) mass is 209 g/mol. The van der Waals surface area contributed by atoms with E-state index in [-0.39, 0.29) is 5.92 Å². The molecule has 2 nitrogen and oxygen atoms in total. The zero-order chi connectivity index (χ0) is 11.4. The molecule has 0 amide bonds.